The van der Waals surface area contributed by atoms with Crippen LogP contribution in [0.1, 0.15) is 62.8 Å². The molecular formula is C23H25BrO. The summed E-state index contributed by atoms with van der Waals surface area (Å²) in [5.41, 5.74) is 7.28. The highest BCUT2D eigenvalue weighted by atomic mass is 79.9. The molecule has 0 atom stereocenters. The molecular weight excluding hydrogens is 372 g/mol. The van der Waals surface area contributed by atoms with Crippen molar-refractivity contribution in [2.45, 2.75) is 51.4 Å². The lowest BCUT2D eigenvalue weighted by Gasteiger charge is -2.42. The third-order valence-corrected chi connectivity index (χ3v) is 6.38. The van der Waals surface area contributed by atoms with E-state index in [0.717, 1.165) is 10.2 Å². The van der Waals surface area contributed by atoms with Crippen LogP contribution in [0, 0.1) is 0 Å². The lowest BCUT2D eigenvalue weighted by atomic mass is 9.63. The van der Waals surface area contributed by atoms with Gasteiger partial charge in [0, 0.05) is 15.6 Å². The third-order valence-electron chi connectivity index (χ3n) is 5.89. The molecule has 25 heavy (non-hydrogen) atoms. The van der Waals surface area contributed by atoms with Crippen LogP contribution in [0.3, 0.4) is 0 Å². The molecule has 2 aromatic rings. The molecule has 0 spiro atoms. The maximum absolute atomic E-state index is 5.85. The van der Waals surface area contributed by atoms with Crippen LogP contribution in [-0.2, 0) is 10.8 Å². The van der Waals surface area contributed by atoms with Gasteiger partial charge in [0.25, 0.3) is 0 Å². The average Bonchev–Trinajstić information content (AvgIpc) is 2.94. The van der Waals surface area contributed by atoms with Crippen molar-refractivity contribution in [2.24, 2.45) is 0 Å². The largest absolute Gasteiger partial charge is 0.488 e. The molecule has 2 aliphatic rings. The molecule has 0 bridgehead atoms. The minimum absolute atomic E-state index is 0.244. The molecule has 0 amide bonds. The van der Waals surface area contributed by atoms with Gasteiger partial charge in [-0.2, -0.15) is 0 Å². The summed E-state index contributed by atoms with van der Waals surface area (Å²) < 4.78 is 6.91. The molecule has 0 saturated carbocycles. The van der Waals surface area contributed by atoms with E-state index in [4.69, 9.17) is 4.74 Å². The molecule has 0 unspecified atom stereocenters. The zero-order valence-electron chi connectivity index (χ0n) is 15.4. The highest BCUT2D eigenvalue weighted by Gasteiger charge is 2.36. The maximum atomic E-state index is 5.85. The molecule has 0 saturated heterocycles. The third kappa shape index (κ3) is 2.95. The van der Waals surface area contributed by atoms with Crippen molar-refractivity contribution in [1.82, 2.24) is 0 Å². The number of ether oxygens (including phenoxy) is 1. The summed E-state index contributed by atoms with van der Waals surface area (Å²) in [6, 6.07) is 13.3. The Hall–Kier alpha value is -1.54. The Morgan fingerprint density at radius 1 is 0.920 bits per heavy atom. The standard InChI is InChI=1S/C23H25BrO/c1-22(2)9-10-23(3,4)20-12-15(5-8-19(20)22)11-16-14-25-21-13-17(24)6-7-18(16)21/h5-8,11-13H,9-10,14H2,1-4H3. The molecule has 130 valence electrons. The van der Waals surface area contributed by atoms with E-state index in [0.29, 0.717) is 6.61 Å². The Morgan fingerprint density at radius 3 is 2.40 bits per heavy atom. The number of fused-ring (bicyclic) bond motifs is 2. The zero-order valence-corrected chi connectivity index (χ0v) is 17.0. The second kappa shape index (κ2) is 5.74. The highest BCUT2D eigenvalue weighted by Crippen LogP contribution is 2.46. The smallest absolute Gasteiger partial charge is 0.128 e. The molecule has 2 heteroatoms. The molecule has 0 N–H and O–H groups in total. The van der Waals surface area contributed by atoms with Crippen LogP contribution in [0.2, 0.25) is 0 Å². The molecule has 4 rings (SSSR count). The molecule has 2 aromatic carbocycles. The van der Waals surface area contributed by atoms with Crippen molar-refractivity contribution >= 4 is 27.6 Å². The van der Waals surface area contributed by atoms with Gasteiger partial charge in [-0.15, -0.1) is 0 Å². The Kier molecular flexibility index (Phi) is 3.88. The monoisotopic (exact) mass is 396 g/mol. The lowest BCUT2D eigenvalue weighted by molar-refractivity contribution is 0.332. The van der Waals surface area contributed by atoms with Crippen LogP contribution in [0.25, 0.3) is 11.6 Å². The fourth-order valence-electron chi connectivity index (χ4n) is 4.13. The van der Waals surface area contributed by atoms with Crippen molar-refractivity contribution in [3.8, 4) is 5.75 Å². The summed E-state index contributed by atoms with van der Waals surface area (Å²) in [7, 11) is 0. The van der Waals surface area contributed by atoms with E-state index in [9.17, 15) is 0 Å². The van der Waals surface area contributed by atoms with Gasteiger partial charge in [-0.1, -0.05) is 61.8 Å². The van der Waals surface area contributed by atoms with Gasteiger partial charge in [-0.3, -0.25) is 0 Å². The fraction of sp³-hybridized carbons (Fsp3) is 0.391. The first-order valence-electron chi connectivity index (χ1n) is 9.05. The van der Waals surface area contributed by atoms with Crippen LogP contribution >= 0.6 is 15.9 Å². The zero-order chi connectivity index (χ0) is 17.8. The first-order valence-corrected chi connectivity index (χ1v) is 9.84. The van der Waals surface area contributed by atoms with E-state index < -0.39 is 0 Å². The maximum Gasteiger partial charge on any atom is 0.128 e. The van der Waals surface area contributed by atoms with E-state index in [1.54, 1.807) is 0 Å². The van der Waals surface area contributed by atoms with Gasteiger partial charge >= 0.3 is 0 Å². The first-order chi connectivity index (χ1) is 11.8. The average molecular weight is 397 g/mol. The number of hydrogen-bond acceptors (Lipinski definition) is 1. The van der Waals surface area contributed by atoms with Crippen LogP contribution in [0.4, 0.5) is 0 Å². The summed E-state index contributed by atoms with van der Waals surface area (Å²) in [6.45, 7) is 10.2. The van der Waals surface area contributed by atoms with Gasteiger partial charge in [-0.25, -0.2) is 0 Å². The summed E-state index contributed by atoms with van der Waals surface area (Å²) in [4.78, 5) is 0. The van der Waals surface area contributed by atoms with Gasteiger partial charge in [0.2, 0.25) is 0 Å². The van der Waals surface area contributed by atoms with Crippen molar-refractivity contribution < 1.29 is 4.74 Å². The number of rotatable bonds is 1. The highest BCUT2D eigenvalue weighted by molar-refractivity contribution is 9.10. The Balaban J connectivity index is 1.77. The minimum atomic E-state index is 0.244. The van der Waals surface area contributed by atoms with E-state index in [1.165, 1.54) is 40.7 Å². The van der Waals surface area contributed by atoms with E-state index in [2.05, 4.69) is 86.1 Å². The van der Waals surface area contributed by atoms with Crippen molar-refractivity contribution in [1.29, 1.82) is 0 Å². The van der Waals surface area contributed by atoms with Gasteiger partial charge in [0.1, 0.15) is 12.4 Å². The van der Waals surface area contributed by atoms with Crippen molar-refractivity contribution in [3.63, 3.8) is 0 Å². The normalized spacial score (nSPS) is 21.6. The number of halogens is 1. The second-order valence-corrected chi connectivity index (χ2v) is 9.59. The quantitative estimate of drug-likeness (QED) is 0.518. The fourth-order valence-corrected chi connectivity index (χ4v) is 4.47. The van der Waals surface area contributed by atoms with Crippen LogP contribution < -0.4 is 4.74 Å². The van der Waals surface area contributed by atoms with Gasteiger partial charge in [-0.05, 0) is 64.6 Å². The Labute approximate surface area is 159 Å². The molecule has 1 aliphatic carbocycles. The van der Waals surface area contributed by atoms with Crippen LogP contribution in [-0.4, -0.2) is 6.61 Å². The molecule has 0 aromatic heterocycles. The molecule has 1 nitrogen and oxygen atoms in total. The Bertz CT molecular complexity index is 874. The van der Waals surface area contributed by atoms with E-state index in [1.807, 2.05) is 0 Å². The minimum Gasteiger partial charge on any atom is -0.488 e. The van der Waals surface area contributed by atoms with Gasteiger partial charge in [0.15, 0.2) is 0 Å². The predicted octanol–water partition coefficient (Wildman–Crippen LogP) is 6.73. The van der Waals surface area contributed by atoms with Gasteiger partial charge < -0.3 is 4.74 Å². The Morgan fingerprint density at radius 2 is 1.64 bits per heavy atom. The summed E-state index contributed by atoms with van der Waals surface area (Å²) in [6.07, 6.45) is 4.79. The van der Waals surface area contributed by atoms with E-state index in [-0.39, 0.29) is 10.8 Å². The van der Waals surface area contributed by atoms with Crippen molar-refractivity contribution in [2.75, 3.05) is 6.61 Å². The number of hydrogen-bond donors (Lipinski definition) is 0. The predicted molar refractivity (Wildman–Crippen MR) is 109 cm³/mol. The van der Waals surface area contributed by atoms with Gasteiger partial charge in [0.05, 0.1) is 0 Å². The van der Waals surface area contributed by atoms with Crippen LogP contribution in [0.5, 0.6) is 5.75 Å². The molecule has 0 radical (unpaired) electrons. The first kappa shape index (κ1) is 16.9. The SMILES string of the molecule is CC1(C)CCC(C)(C)c2cc(C=C3COc4cc(Br)ccc43)ccc21. The summed E-state index contributed by atoms with van der Waals surface area (Å²) in [5.74, 6) is 0.972. The topological polar surface area (TPSA) is 9.23 Å². The molecule has 0 fully saturated rings. The number of benzene rings is 2. The summed E-state index contributed by atoms with van der Waals surface area (Å²) in [5, 5.41) is 0. The van der Waals surface area contributed by atoms with Crippen LogP contribution in [0.15, 0.2) is 40.9 Å². The molecule has 1 heterocycles. The van der Waals surface area contributed by atoms with Crippen molar-refractivity contribution in [3.05, 3.63) is 63.1 Å². The van der Waals surface area contributed by atoms with E-state index >= 15 is 0 Å². The lowest BCUT2D eigenvalue weighted by Crippen LogP contribution is -2.33. The second-order valence-electron chi connectivity index (χ2n) is 8.67. The summed E-state index contributed by atoms with van der Waals surface area (Å²) >= 11 is 3.52. The molecule has 1 aliphatic heterocycles.